The maximum atomic E-state index is 11.2. The van der Waals surface area contributed by atoms with Crippen LogP contribution in [0.4, 0.5) is 0 Å². The zero-order valence-corrected chi connectivity index (χ0v) is 10.2. The maximum Gasteiger partial charge on any atom is 0.135 e. The number of Topliss-reactive ketones (excluding diaryl/α,β-unsaturated/α-hetero) is 1. The second-order valence-corrected chi connectivity index (χ2v) is 4.59. The Kier molecular flexibility index (Phi) is 3.78. The van der Waals surface area contributed by atoms with Gasteiger partial charge in [-0.2, -0.15) is 5.26 Å². The molecule has 0 spiro atoms. The number of rotatable bonds is 2. The summed E-state index contributed by atoms with van der Waals surface area (Å²) in [7, 11) is 0. The van der Waals surface area contributed by atoms with Gasteiger partial charge < -0.3 is 0 Å². The largest absolute Gasteiger partial charge is 0.300 e. The van der Waals surface area contributed by atoms with Gasteiger partial charge in [0, 0.05) is 31.0 Å². The normalized spacial score (nSPS) is 18.7. The van der Waals surface area contributed by atoms with Crippen molar-refractivity contribution in [1.82, 2.24) is 4.90 Å². The van der Waals surface area contributed by atoms with Crippen molar-refractivity contribution in [2.75, 3.05) is 13.1 Å². The number of carbonyl (C=O) groups is 1. The molecular formula is C13H13ClN2O. The quantitative estimate of drug-likeness (QED) is 0.808. The molecule has 0 aliphatic carbocycles. The zero-order valence-electron chi connectivity index (χ0n) is 9.40. The molecule has 1 aromatic carbocycles. The number of halogens is 1. The van der Waals surface area contributed by atoms with E-state index >= 15 is 0 Å². The van der Waals surface area contributed by atoms with Crippen LogP contribution < -0.4 is 0 Å². The van der Waals surface area contributed by atoms with Crippen molar-refractivity contribution in [3.05, 3.63) is 34.9 Å². The van der Waals surface area contributed by atoms with Crippen molar-refractivity contribution in [1.29, 1.82) is 5.26 Å². The summed E-state index contributed by atoms with van der Waals surface area (Å²) in [6, 6.07) is 9.33. The summed E-state index contributed by atoms with van der Waals surface area (Å²) in [6.07, 6.45) is 1.09. The van der Waals surface area contributed by atoms with Crippen LogP contribution >= 0.6 is 11.6 Å². The van der Waals surface area contributed by atoms with Crippen molar-refractivity contribution in [2.45, 2.75) is 18.9 Å². The minimum atomic E-state index is -0.277. The van der Waals surface area contributed by atoms with Gasteiger partial charge in [-0.1, -0.05) is 23.7 Å². The summed E-state index contributed by atoms with van der Waals surface area (Å²) < 4.78 is 0. The van der Waals surface area contributed by atoms with Crippen LogP contribution in [0, 0.1) is 11.3 Å². The predicted molar refractivity (Wildman–Crippen MR) is 65.6 cm³/mol. The van der Waals surface area contributed by atoms with Crippen molar-refractivity contribution in [2.24, 2.45) is 0 Å². The van der Waals surface area contributed by atoms with Gasteiger partial charge in [0.1, 0.15) is 11.8 Å². The van der Waals surface area contributed by atoms with Crippen LogP contribution in [0.15, 0.2) is 24.3 Å². The highest BCUT2D eigenvalue weighted by Crippen LogP contribution is 2.24. The van der Waals surface area contributed by atoms with E-state index in [0.29, 0.717) is 31.0 Å². The van der Waals surface area contributed by atoms with Crippen LogP contribution in [0.25, 0.3) is 0 Å². The molecule has 0 N–H and O–H groups in total. The topological polar surface area (TPSA) is 44.1 Å². The molecule has 0 saturated carbocycles. The summed E-state index contributed by atoms with van der Waals surface area (Å²) >= 11 is 5.82. The Bertz CT molecular complexity index is 439. The molecule has 4 heteroatoms. The van der Waals surface area contributed by atoms with E-state index in [1.165, 1.54) is 0 Å². The van der Waals surface area contributed by atoms with Crippen molar-refractivity contribution >= 4 is 17.4 Å². The molecule has 1 aromatic rings. The fourth-order valence-corrected chi connectivity index (χ4v) is 2.17. The van der Waals surface area contributed by atoms with Gasteiger partial charge >= 0.3 is 0 Å². The molecule has 1 fully saturated rings. The highest BCUT2D eigenvalue weighted by Gasteiger charge is 2.24. The number of hydrogen-bond acceptors (Lipinski definition) is 3. The Labute approximate surface area is 106 Å². The standard InChI is InChI=1S/C13H13ClN2O/c14-11-3-1-10(2-4-11)13(9-15)16-7-5-12(17)6-8-16/h1-4,13H,5-8H2. The molecular weight excluding hydrogens is 236 g/mol. The van der Waals surface area contributed by atoms with E-state index in [0.717, 1.165) is 5.56 Å². The van der Waals surface area contributed by atoms with Gasteiger partial charge in [0.2, 0.25) is 0 Å². The highest BCUT2D eigenvalue weighted by molar-refractivity contribution is 6.30. The molecule has 0 aromatic heterocycles. The van der Waals surface area contributed by atoms with Crippen LogP contribution in [0.1, 0.15) is 24.4 Å². The molecule has 1 unspecified atom stereocenters. The molecule has 1 atom stereocenters. The van der Waals surface area contributed by atoms with E-state index in [2.05, 4.69) is 6.07 Å². The lowest BCUT2D eigenvalue weighted by Crippen LogP contribution is -2.36. The second-order valence-electron chi connectivity index (χ2n) is 4.16. The summed E-state index contributed by atoms with van der Waals surface area (Å²) in [5.74, 6) is 0.286. The van der Waals surface area contributed by atoms with Crippen LogP contribution in [0.2, 0.25) is 5.02 Å². The highest BCUT2D eigenvalue weighted by atomic mass is 35.5. The van der Waals surface area contributed by atoms with Crippen molar-refractivity contribution in [3.8, 4) is 6.07 Å². The monoisotopic (exact) mass is 248 g/mol. The van der Waals surface area contributed by atoms with Gasteiger partial charge in [0.05, 0.1) is 6.07 Å². The maximum absolute atomic E-state index is 11.2. The number of benzene rings is 1. The van der Waals surface area contributed by atoms with E-state index in [4.69, 9.17) is 11.6 Å². The van der Waals surface area contributed by atoms with E-state index in [1.807, 2.05) is 17.0 Å². The number of nitriles is 1. The first kappa shape index (κ1) is 12.1. The van der Waals surface area contributed by atoms with Crippen LogP contribution in [-0.4, -0.2) is 23.8 Å². The van der Waals surface area contributed by atoms with E-state index in [-0.39, 0.29) is 11.8 Å². The number of ketones is 1. The minimum absolute atomic E-state index is 0.277. The fraction of sp³-hybridized carbons (Fsp3) is 0.385. The number of piperidine rings is 1. The Morgan fingerprint density at radius 3 is 2.35 bits per heavy atom. The van der Waals surface area contributed by atoms with Crippen molar-refractivity contribution < 1.29 is 4.79 Å². The lowest BCUT2D eigenvalue weighted by Gasteiger charge is -2.30. The van der Waals surface area contributed by atoms with E-state index in [9.17, 15) is 10.1 Å². The minimum Gasteiger partial charge on any atom is -0.300 e. The smallest absolute Gasteiger partial charge is 0.135 e. The predicted octanol–water partition coefficient (Wildman–Crippen LogP) is 2.57. The summed E-state index contributed by atoms with van der Waals surface area (Å²) in [5.41, 5.74) is 0.936. The lowest BCUT2D eigenvalue weighted by atomic mass is 10.0. The Hall–Kier alpha value is -1.37. The number of carbonyl (C=O) groups excluding carboxylic acids is 1. The molecule has 3 nitrogen and oxygen atoms in total. The number of hydrogen-bond donors (Lipinski definition) is 0. The molecule has 1 aliphatic rings. The lowest BCUT2D eigenvalue weighted by molar-refractivity contribution is -0.121. The van der Waals surface area contributed by atoms with E-state index < -0.39 is 0 Å². The van der Waals surface area contributed by atoms with Gasteiger partial charge in [0.15, 0.2) is 0 Å². The molecule has 1 aliphatic heterocycles. The fourth-order valence-electron chi connectivity index (χ4n) is 2.04. The number of likely N-dealkylation sites (tertiary alicyclic amines) is 1. The van der Waals surface area contributed by atoms with Gasteiger partial charge in [-0.05, 0) is 17.7 Å². The van der Waals surface area contributed by atoms with Crippen LogP contribution in [0.3, 0.4) is 0 Å². The SMILES string of the molecule is N#CC(c1ccc(Cl)cc1)N1CCC(=O)CC1. The molecule has 88 valence electrons. The first-order valence-corrected chi connectivity index (χ1v) is 5.99. The molecule has 1 heterocycles. The molecule has 17 heavy (non-hydrogen) atoms. The third kappa shape index (κ3) is 2.85. The third-order valence-electron chi connectivity index (χ3n) is 3.03. The molecule has 0 bridgehead atoms. The molecule has 2 rings (SSSR count). The summed E-state index contributed by atoms with van der Waals surface area (Å²) in [4.78, 5) is 13.2. The Morgan fingerprint density at radius 2 is 1.82 bits per heavy atom. The van der Waals surface area contributed by atoms with E-state index in [1.54, 1.807) is 12.1 Å². The van der Waals surface area contributed by atoms with Gasteiger partial charge in [-0.15, -0.1) is 0 Å². The Balaban J connectivity index is 2.14. The average molecular weight is 249 g/mol. The van der Waals surface area contributed by atoms with Gasteiger partial charge in [-0.25, -0.2) is 0 Å². The molecule has 0 radical (unpaired) electrons. The first-order chi connectivity index (χ1) is 8.20. The van der Waals surface area contributed by atoms with Gasteiger partial charge in [-0.3, -0.25) is 9.69 Å². The third-order valence-corrected chi connectivity index (χ3v) is 3.28. The molecule has 0 amide bonds. The van der Waals surface area contributed by atoms with Crippen LogP contribution in [0.5, 0.6) is 0 Å². The van der Waals surface area contributed by atoms with Crippen molar-refractivity contribution in [3.63, 3.8) is 0 Å². The second kappa shape index (κ2) is 5.31. The first-order valence-electron chi connectivity index (χ1n) is 5.61. The number of nitrogens with zero attached hydrogens (tertiary/aromatic N) is 2. The Morgan fingerprint density at radius 1 is 1.24 bits per heavy atom. The van der Waals surface area contributed by atoms with Crippen LogP contribution in [-0.2, 0) is 4.79 Å². The van der Waals surface area contributed by atoms with Gasteiger partial charge in [0.25, 0.3) is 0 Å². The average Bonchev–Trinajstić information content (AvgIpc) is 2.35. The summed E-state index contributed by atoms with van der Waals surface area (Å²) in [6.45, 7) is 1.33. The zero-order chi connectivity index (χ0) is 12.3. The molecule has 1 saturated heterocycles. The summed E-state index contributed by atoms with van der Waals surface area (Å²) in [5, 5.41) is 9.92.